The third-order valence-corrected chi connectivity index (χ3v) is 5.68. The highest BCUT2D eigenvalue weighted by Crippen LogP contribution is 2.25. The molecule has 2 amide bonds. The molecule has 0 aliphatic carbocycles. The molecule has 29 heavy (non-hydrogen) atoms. The van der Waals surface area contributed by atoms with Crippen LogP contribution in [-0.4, -0.2) is 72.3 Å². The molecule has 2 aliphatic heterocycles. The lowest BCUT2D eigenvalue weighted by molar-refractivity contribution is -0.133. The molecule has 154 valence electrons. The van der Waals surface area contributed by atoms with E-state index in [0.717, 1.165) is 25.9 Å². The zero-order chi connectivity index (χ0) is 20.2. The smallest absolute Gasteiger partial charge is 0.289 e. The summed E-state index contributed by atoms with van der Waals surface area (Å²) in [5, 5.41) is 0. The molecule has 0 bridgehead atoms. The summed E-state index contributed by atoms with van der Waals surface area (Å²) in [6.45, 7) is 4.54. The fourth-order valence-electron chi connectivity index (χ4n) is 3.96. The van der Waals surface area contributed by atoms with Crippen LogP contribution in [0.4, 0.5) is 4.39 Å². The first-order chi connectivity index (χ1) is 14.1. The average Bonchev–Trinajstić information content (AvgIpc) is 3.25. The van der Waals surface area contributed by atoms with E-state index in [1.165, 1.54) is 12.5 Å². The minimum absolute atomic E-state index is 0.185. The van der Waals surface area contributed by atoms with Crippen LogP contribution >= 0.6 is 0 Å². The molecule has 4 rings (SSSR count). The molecule has 0 spiro atoms. The van der Waals surface area contributed by atoms with E-state index in [-0.39, 0.29) is 23.4 Å². The number of amides is 2. The molecule has 1 aromatic heterocycles. The zero-order valence-electron chi connectivity index (χ0n) is 16.5. The summed E-state index contributed by atoms with van der Waals surface area (Å²) in [7, 11) is 0. The van der Waals surface area contributed by atoms with Crippen LogP contribution < -0.4 is 0 Å². The van der Waals surface area contributed by atoms with Crippen LogP contribution in [0.1, 0.15) is 29.8 Å². The van der Waals surface area contributed by atoms with Gasteiger partial charge in [-0.3, -0.25) is 14.5 Å². The lowest BCUT2D eigenvalue weighted by Crippen LogP contribution is -2.52. The van der Waals surface area contributed by atoms with E-state index in [4.69, 9.17) is 4.42 Å². The third-order valence-electron chi connectivity index (χ3n) is 5.68. The number of carbonyl (C=O) groups excluding carboxylic acids is 2. The zero-order valence-corrected chi connectivity index (χ0v) is 16.5. The summed E-state index contributed by atoms with van der Waals surface area (Å²) < 4.78 is 19.6. The number of rotatable bonds is 4. The summed E-state index contributed by atoms with van der Waals surface area (Å²) in [6, 6.07) is 9.55. The van der Waals surface area contributed by atoms with Crippen molar-refractivity contribution in [2.24, 2.45) is 0 Å². The van der Waals surface area contributed by atoms with Gasteiger partial charge in [-0.2, -0.15) is 0 Å². The van der Waals surface area contributed by atoms with Crippen molar-refractivity contribution < 1.29 is 18.4 Å². The number of carbonyl (C=O) groups is 2. The van der Waals surface area contributed by atoms with E-state index in [0.29, 0.717) is 44.0 Å². The molecule has 0 N–H and O–H groups in total. The number of hydrogen-bond donors (Lipinski definition) is 0. The second-order valence-electron chi connectivity index (χ2n) is 7.65. The monoisotopic (exact) mass is 399 g/mol. The predicted molar refractivity (Wildman–Crippen MR) is 107 cm³/mol. The average molecular weight is 399 g/mol. The molecular weight excluding hydrogens is 373 g/mol. The van der Waals surface area contributed by atoms with Crippen molar-refractivity contribution in [2.75, 3.05) is 45.8 Å². The normalized spacial score (nSPS) is 18.1. The molecule has 7 heteroatoms. The van der Waals surface area contributed by atoms with Crippen LogP contribution in [0.2, 0.25) is 0 Å². The number of likely N-dealkylation sites (tertiary alicyclic amines) is 1. The fourth-order valence-corrected chi connectivity index (χ4v) is 3.96. The molecule has 2 aromatic rings. The van der Waals surface area contributed by atoms with Crippen molar-refractivity contribution in [2.45, 2.75) is 19.3 Å². The van der Waals surface area contributed by atoms with E-state index in [1.54, 1.807) is 35.2 Å². The fraction of sp³-hybridized carbons (Fsp3) is 0.455. The highest BCUT2D eigenvalue weighted by molar-refractivity contribution is 5.92. The predicted octanol–water partition coefficient (Wildman–Crippen LogP) is 2.86. The Hall–Kier alpha value is -2.67. The summed E-state index contributed by atoms with van der Waals surface area (Å²) in [6.07, 6.45) is 3.38. The van der Waals surface area contributed by atoms with Gasteiger partial charge in [-0.15, -0.1) is 0 Å². The lowest BCUT2D eigenvalue weighted by atomic mass is 10.1. The van der Waals surface area contributed by atoms with E-state index >= 15 is 0 Å². The summed E-state index contributed by atoms with van der Waals surface area (Å²) in [4.78, 5) is 31.0. The van der Waals surface area contributed by atoms with Gasteiger partial charge in [0, 0.05) is 39.3 Å². The molecule has 2 saturated heterocycles. The Balaban J connectivity index is 1.31. The van der Waals surface area contributed by atoms with Crippen molar-refractivity contribution in [3.8, 4) is 11.3 Å². The lowest BCUT2D eigenvalue weighted by Gasteiger charge is -2.35. The van der Waals surface area contributed by atoms with Crippen LogP contribution in [0, 0.1) is 5.82 Å². The number of benzene rings is 1. The maximum atomic E-state index is 13.9. The number of piperazine rings is 1. The molecule has 0 unspecified atom stereocenters. The first kappa shape index (κ1) is 19.6. The van der Waals surface area contributed by atoms with Crippen molar-refractivity contribution in [1.82, 2.24) is 14.7 Å². The Kier molecular flexibility index (Phi) is 5.94. The van der Waals surface area contributed by atoms with Gasteiger partial charge in [-0.05, 0) is 43.5 Å². The quantitative estimate of drug-likeness (QED) is 0.793. The van der Waals surface area contributed by atoms with E-state index < -0.39 is 0 Å². The molecule has 0 atom stereocenters. The Labute approximate surface area is 169 Å². The molecule has 1 aromatic carbocycles. The van der Waals surface area contributed by atoms with Crippen LogP contribution in [0.15, 0.2) is 40.8 Å². The summed E-state index contributed by atoms with van der Waals surface area (Å²) in [5.41, 5.74) is 0.340. The van der Waals surface area contributed by atoms with Crippen molar-refractivity contribution >= 4 is 11.8 Å². The van der Waals surface area contributed by atoms with E-state index in [9.17, 15) is 14.0 Å². The standard InChI is InChI=1S/C22H26FN3O3/c23-18-7-3-2-6-17(18)19-8-9-20(29-19)22(28)26-14-12-24(13-15-26)16-21(27)25-10-4-1-5-11-25/h2-3,6-9H,1,4-5,10-16H2. The first-order valence-corrected chi connectivity index (χ1v) is 10.3. The summed E-state index contributed by atoms with van der Waals surface area (Å²) >= 11 is 0. The van der Waals surface area contributed by atoms with Gasteiger partial charge in [0.05, 0.1) is 12.1 Å². The van der Waals surface area contributed by atoms with Gasteiger partial charge in [-0.25, -0.2) is 4.39 Å². The van der Waals surface area contributed by atoms with Crippen molar-refractivity contribution in [1.29, 1.82) is 0 Å². The molecule has 2 fully saturated rings. The molecule has 2 aliphatic rings. The van der Waals surface area contributed by atoms with E-state index in [2.05, 4.69) is 4.90 Å². The SMILES string of the molecule is O=C(CN1CCN(C(=O)c2ccc(-c3ccccc3F)o2)CC1)N1CCCCC1. The number of nitrogens with zero attached hydrogens (tertiary/aromatic N) is 3. The molecular formula is C22H26FN3O3. The Bertz CT molecular complexity index is 868. The third kappa shape index (κ3) is 4.50. The molecule has 0 saturated carbocycles. The van der Waals surface area contributed by atoms with Crippen molar-refractivity contribution in [3.05, 3.63) is 48.0 Å². The second kappa shape index (κ2) is 8.78. The van der Waals surface area contributed by atoms with Crippen LogP contribution in [0.5, 0.6) is 0 Å². The van der Waals surface area contributed by atoms with Gasteiger partial charge in [0.25, 0.3) is 5.91 Å². The largest absolute Gasteiger partial charge is 0.451 e. The molecule has 0 radical (unpaired) electrons. The van der Waals surface area contributed by atoms with Gasteiger partial charge in [0.1, 0.15) is 11.6 Å². The van der Waals surface area contributed by atoms with Crippen LogP contribution in [0.25, 0.3) is 11.3 Å². The molecule has 3 heterocycles. The molecule has 6 nitrogen and oxygen atoms in total. The Morgan fingerprint density at radius 2 is 1.59 bits per heavy atom. The number of hydrogen-bond acceptors (Lipinski definition) is 4. The highest BCUT2D eigenvalue weighted by atomic mass is 19.1. The first-order valence-electron chi connectivity index (χ1n) is 10.3. The van der Waals surface area contributed by atoms with Gasteiger partial charge in [-0.1, -0.05) is 12.1 Å². The topological polar surface area (TPSA) is 57.0 Å². The number of furan rings is 1. The summed E-state index contributed by atoms with van der Waals surface area (Å²) in [5.74, 6) is 0.158. The minimum atomic E-state index is -0.382. The van der Waals surface area contributed by atoms with Gasteiger partial charge in [0.15, 0.2) is 5.76 Å². The van der Waals surface area contributed by atoms with Crippen molar-refractivity contribution in [3.63, 3.8) is 0 Å². The van der Waals surface area contributed by atoms with Gasteiger partial charge >= 0.3 is 0 Å². The van der Waals surface area contributed by atoms with Crippen LogP contribution in [0.3, 0.4) is 0 Å². The Morgan fingerprint density at radius 3 is 2.31 bits per heavy atom. The van der Waals surface area contributed by atoms with Crippen LogP contribution in [-0.2, 0) is 4.79 Å². The minimum Gasteiger partial charge on any atom is -0.451 e. The maximum Gasteiger partial charge on any atom is 0.289 e. The second-order valence-corrected chi connectivity index (χ2v) is 7.65. The van der Waals surface area contributed by atoms with Gasteiger partial charge < -0.3 is 14.2 Å². The number of piperidine rings is 1. The van der Waals surface area contributed by atoms with Gasteiger partial charge in [0.2, 0.25) is 5.91 Å². The van der Waals surface area contributed by atoms with E-state index in [1.807, 2.05) is 4.90 Å². The highest BCUT2D eigenvalue weighted by Gasteiger charge is 2.27. The maximum absolute atomic E-state index is 13.9. The number of halogens is 1. The Morgan fingerprint density at radius 1 is 0.862 bits per heavy atom.